The summed E-state index contributed by atoms with van der Waals surface area (Å²) in [5.74, 6) is 0.889. The molecule has 0 aliphatic rings. The number of nitrogens with zero attached hydrogens (tertiary/aromatic N) is 5. The van der Waals surface area contributed by atoms with Crippen LogP contribution >= 0.6 is 11.3 Å². The smallest absolute Gasteiger partial charge is 0.225 e. The number of amides is 1. The van der Waals surface area contributed by atoms with E-state index in [1.807, 2.05) is 23.9 Å². The zero-order chi connectivity index (χ0) is 14.5. The Bertz CT molecular complexity index is 578. The molecule has 0 aliphatic heterocycles. The van der Waals surface area contributed by atoms with Crippen molar-refractivity contribution in [2.75, 3.05) is 11.4 Å². The molecule has 7 nitrogen and oxygen atoms in total. The summed E-state index contributed by atoms with van der Waals surface area (Å²) in [5.41, 5.74) is 0.923. The number of thiazole rings is 1. The Kier molecular flexibility index (Phi) is 4.80. The van der Waals surface area contributed by atoms with Crippen LogP contribution in [0.2, 0.25) is 0 Å². The van der Waals surface area contributed by atoms with E-state index in [0.717, 1.165) is 16.6 Å². The molecule has 0 aliphatic carbocycles. The van der Waals surface area contributed by atoms with Gasteiger partial charge in [-0.3, -0.25) is 9.69 Å². The Morgan fingerprint density at radius 2 is 2.30 bits per heavy atom. The van der Waals surface area contributed by atoms with E-state index < -0.39 is 0 Å². The number of nitrogens with one attached hydrogen (secondary N) is 1. The fourth-order valence-corrected chi connectivity index (χ4v) is 2.70. The maximum absolute atomic E-state index is 11.5. The molecule has 0 radical (unpaired) electrons. The molecule has 0 spiro atoms. The lowest BCUT2D eigenvalue weighted by Gasteiger charge is -2.14. The Balaban J connectivity index is 1.90. The van der Waals surface area contributed by atoms with Gasteiger partial charge < -0.3 is 9.88 Å². The lowest BCUT2D eigenvalue weighted by Crippen LogP contribution is -2.27. The van der Waals surface area contributed by atoms with Crippen molar-refractivity contribution in [3.8, 4) is 0 Å². The van der Waals surface area contributed by atoms with Gasteiger partial charge in [0.15, 0.2) is 5.13 Å². The molecule has 2 aromatic rings. The second kappa shape index (κ2) is 6.58. The highest BCUT2D eigenvalue weighted by Gasteiger charge is 2.13. The molecule has 1 N–H and O–H groups in total. The van der Waals surface area contributed by atoms with Gasteiger partial charge in [-0.25, -0.2) is 4.98 Å². The zero-order valence-electron chi connectivity index (χ0n) is 11.8. The minimum absolute atomic E-state index is 0.0143. The first-order chi connectivity index (χ1) is 9.61. The highest BCUT2D eigenvalue weighted by Crippen LogP contribution is 2.20. The Morgan fingerprint density at radius 1 is 1.50 bits per heavy atom. The molecule has 0 aromatic carbocycles. The Hall–Kier alpha value is -1.80. The molecule has 20 heavy (non-hydrogen) atoms. The van der Waals surface area contributed by atoms with Crippen molar-refractivity contribution in [3.63, 3.8) is 0 Å². The summed E-state index contributed by atoms with van der Waals surface area (Å²) < 4.78 is 1.87. The number of aryl methyl sites for hydroxylation is 1. The molecule has 0 saturated heterocycles. The molecule has 0 bridgehead atoms. The van der Waals surface area contributed by atoms with Gasteiger partial charge >= 0.3 is 0 Å². The third-order valence-corrected chi connectivity index (χ3v) is 3.77. The second-order valence-corrected chi connectivity index (χ2v) is 5.18. The molecule has 0 unspecified atom stereocenters. The van der Waals surface area contributed by atoms with Gasteiger partial charge in [0.05, 0.1) is 12.2 Å². The van der Waals surface area contributed by atoms with Gasteiger partial charge in [-0.1, -0.05) is 0 Å². The number of hydrogen-bond donors (Lipinski definition) is 1. The molecule has 2 heterocycles. The fraction of sp³-hybridized carbons (Fsp3) is 0.500. The molecule has 2 aromatic heterocycles. The van der Waals surface area contributed by atoms with Crippen molar-refractivity contribution in [3.05, 3.63) is 23.2 Å². The topological polar surface area (TPSA) is 75.9 Å². The standard InChI is InChI=1S/C12H18N6OS/c1-4-18(9(2)19)12-15-10(7-20-12)5-13-6-11-16-14-8-17(11)3/h7-8,13H,4-6H2,1-3H3. The van der Waals surface area contributed by atoms with Gasteiger partial charge in [0.25, 0.3) is 0 Å². The number of rotatable bonds is 6. The van der Waals surface area contributed by atoms with Crippen LogP contribution in [-0.2, 0) is 24.9 Å². The highest BCUT2D eigenvalue weighted by atomic mass is 32.1. The van der Waals surface area contributed by atoms with Crippen LogP contribution in [0, 0.1) is 0 Å². The number of hydrogen-bond acceptors (Lipinski definition) is 6. The van der Waals surface area contributed by atoms with Crippen LogP contribution < -0.4 is 10.2 Å². The summed E-state index contributed by atoms with van der Waals surface area (Å²) in [6.07, 6.45) is 1.67. The monoisotopic (exact) mass is 294 g/mol. The fourth-order valence-electron chi connectivity index (χ4n) is 1.76. The van der Waals surface area contributed by atoms with E-state index in [1.54, 1.807) is 18.2 Å². The predicted octanol–water partition coefficient (Wildman–Crippen LogP) is 0.934. The van der Waals surface area contributed by atoms with Crippen LogP contribution in [0.3, 0.4) is 0 Å². The Morgan fingerprint density at radius 3 is 2.90 bits per heavy atom. The summed E-state index contributed by atoms with van der Waals surface area (Å²) in [6.45, 7) is 5.40. The minimum atomic E-state index is 0.0143. The SMILES string of the molecule is CCN(C(C)=O)c1nc(CNCc2nncn2C)cs1. The van der Waals surface area contributed by atoms with E-state index >= 15 is 0 Å². The maximum atomic E-state index is 11.5. The lowest BCUT2D eigenvalue weighted by molar-refractivity contribution is -0.116. The average Bonchev–Trinajstić information content (AvgIpc) is 3.01. The van der Waals surface area contributed by atoms with E-state index in [1.165, 1.54) is 11.3 Å². The molecule has 108 valence electrons. The molecule has 1 amide bonds. The lowest BCUT2D eigenvalue weighted by atomic mass is 10.4. The van der Waals surface area contributed by atoms with Crippen LogP contribution in [0.4, 0.5) is 5.13 Å². The van der Waals surface area contributed by atoms with Crippen molar-refractivity contribution in [2.24, 2.45) is 7.05 Å². The summed E-state index contributed by atoms with van der Waals surface area (Å²) in [4.78, 5) is 17.6. The molecule has 2 rings (SSSR count). The van der Waals surface area contributed by atoms with Crippen molar-refractivity contribution in [1.29, 1.82) is 0 Å². The number of carbonyl (C=O) groups excluding carboxylic acids is 1. The molecule has 0 saturated carbocycles. The third-order valence-electron chi connectivity index (χ3n) is 2.86. The van der Waals surface area contributed by atoms with E-state index in [-0.39, 0.29) is 5.91 Å². The van der Waals surface area contributed by atoms with Crippen molar-refractivity contribution in [1.82, 2.24) is 25.1 Å². The molecular formula is C12H18N6OS. The second-order valence-electron chi connectivity index (χ2n) is 4.35. The Labute approximate surface area is 121 Å². The van der Waals surface area contributed by atoms with Gasteiger partial charge in [0.2, 0.25) is 5.91 Å². The maximum Gasteiger partial charge on any atom is 0.225 e. The highest BCUT2D eigenvalue weighted by molar-refractivity contribution is 7.14. The summed E-state index contributed by atoms with van der Waals surface area (Å²) in [6, 6.07) is 0. The predicted molar refractivity (Wildman–Crippen MR) is 77.4 cm³/mol. The van der Waals surface area contributed by atoms with Gasteiger partial charge in [0, 0.05) is 32.4 Å². The summed E-state index contributed by atoms with van der Waals surface area (Å²) >= 11 is 1.48. The number of aromatic nitrogens is 4. The van der Waals surface area contributed by atoms with Crippen LogP contribution in [-0.4, -0.2) is 32.2 Å². The van der Waals surface area contributed by atoms with E-state index in [2.05, 4.69) is 20.5 Å². The quantitative estimate of drug-likeness (QED) is 0.858. The first kappa shape index (κ1) is 14.6. The normalized spacial score (nSPS) is 10.8. The summed E-state index contributed by atoms with van der Waals surface area (Å²) in [7, 11) is 1.91. The van der Waals surface area contributed by atoms with Crippen LogP contribution in [0.15, 0.2) is 11.7 Å². The van der Waals surface area contributed by atoms with Gasteiger partial charge in [-0.05, 0) is 6.92 Å². The van der Waals surface area contributed by atoms with Crippen molar-refractivity contribution >= 4 is 22.4 Å². The molecule has 0 fully saturated rings. The van der Waals surface area contributed by atoms with Crippen LogP contribution in [0.25, 0.3) is 0 Å². The third kappa shape index (κ3) is 3.40. The van der Waals surface area contributed by atoms with E-state index in [4.69, 9.17) is 0 Å². The van der Waals surface area contributed by atoms with Gasteiger partial charge in [-0.2, -0.15) is 0 Å². The molecular weight excluding hydrogens is 276 g/mol. The number of carbonyl (C=O) groups is 1. The molecule has 8 heteroatoms. The molecule has 0 atom stereocenters. The van der Waals surface area contributed by atoms with Gasteiger partial charge in [-0.15, -0.1) is 21.5 Å². The van der Waals surface area contributed by atoms with Gasteiger partial charge in [0.1, 0.15) is 12.2 Å². The van der Waals surface area contributed by atoms with E-state index in [0.29, 0.717) is 19.6 Å². The van der Waals surface area contributed by atoms with Crippen LogP contribution in [0.5, 0.6) is 0 Å². The van der Waals surface area contributed by atoms with E-state index in [9.17, 15) is 4.79 Å². The first-order valence-electron chi connectivity index (χ1n) is 6.38. The first-order valence-corrected chi connectivity index (χ1v) is 7.26. The number of anilines is 1. The van der Waals surface area contributed by atoms with Crippen LogP contribution in [0.1, 0.15) is 25.4 Å². The van der Waals surface area contributed by atoms with Crippen molar-refractivity contribution < 1.29 is 4.79 Å². The van der Waals surface area contributed by atoms with Crippen molar-refractivity contribution in [2.45, 2.75) is 26.9 Å². The minimum Gasteiger partial charge on any atom is -0.320 e. The largest absolute Gasteiger partial charge is 0.320 e. The average molecular weight is 294 g/mol. The summed E-state index contributed by atoms with van der Waals surface area (Å²) in [5, 5.41) is 13.8. The zero-order valence-corrected chi connectivity index (χ0v) is 12.6.